The van der Waals surface area contributed by atoms with Gasteiger partial charge < -0.3 is 0 Å². The molecule has 0 aliphatic carbocycles. The van der Waals surface area contributed by atoms with Gasteiger partial charge in [-0.25, -0.2) is 0 Å². The Morgan fingerprint density at radius 2 is 1.70 bits per heavy atom. The van der Waals surface area contributed by atoms with E-state index in [1.165, 1.54) is 0 Å². The van der Waals surface area contributed by atoms with Gasteiger partial charge in [0.2, 0.25) is 0 Å². The smallest absolute Gasteiger partial charge is 0.291 e. The Morgan fingerprint density at radius 1 is 1.40 bits per heavy atom. The van der Waals surface area contributed by atoms with E-state index in [0.29, 0.717) is 0 Å². The third kappa shape index (κ3) is 25.5. The van der Waals surface area contributed by atoms with Gasteiger partial charge >= 0.3 is 22.0 Å². The summed E-state index contributed by atoms with van der Waals surface area (Å²) in [6.07, 6.45) is 0. The predicted molar refractivity (Wildman–Crippen MR) is 26.5 cm³/mol. The molecular formula is H3NO7S2. The molecule has 0 heterocycles. The first-order valence-corrected chi connectivity index (χ1v) is 3.48. The molecule has 0 aromatic heterocycles. The van der Waals surface area contributed by atoms with Crippen molar-refractivity contribution in [3.05, 3.63) is 0 Å². The van der Waals surface area contributed by atoms with Gasteiger partial charge in [0.15, 0.2) is 0 Å². The molecule has 0 radical (unpaired) electrons. The van der Waals surface area contributed by atoms with E-state index in [1.807, 2.05) is 0 Å². The Balaban J connectivity index is 0. The molecule has 0 amide bonds. The van der Waals surface area contributed by atoms with Gasteiger partial charge in [-0.3, -0.25) is 9.76 Å². The van der Waals surface area contributed by atoms with E-state index in [9.17, 15) is 8.42 Å². The van der Waals surface area contributed by atoms with Crippen LogP contribution in [0, 0.1) is 0 Å². The van der Waals surface area contributed by atoms with E-state index >= 15 is 0 Å². The first-order chi connectivity index (χ1) is 4.47. The predicted octanol–water partition coefficient (Wildman–Crippen LogP) is -1.97. The van der Waals surface area contributed by atoms with Crippen LogP contribution < -0.4 is 5.64 Å². The summed E-state index contributed by atoms with van der Waals surface area (Å²) in [4.78, 5) is 0. The maximum absolute atomic E-state index is 9.34. The normalized spacial score (nSPS) is 9.40. The van der Waals surface area contributed by atoms with Gasteiger partial charge in [0.25, 0.3) is 0 Å². The fourth-order valence-corrected chi connectivity index (χ4v) is 0.141. The van der Waals surface area contributed by atoms with Gasteiger partial charge in [0, 0.05) is 0 Å². The number of hydrogen-bond acceptors (Lipinski definition) is 7. The summed E-state index contributed by atoms with van der Waals surface area (Å²) >= 11 is -0.750. The number of nitrogens with one attached hydrogen (secondary N) is 1. The molecule has 0 saturated heterocycles. The van der Waals surface area contributed by atoms with Gasteiger partial charge in [-0.1, -0.05) is 5.64 Å². The lowest BCUT2D eigenvalue weighted by molar-refractivity contribution is -0.0456. The molecule has 0 aromatic carbocycles. The van der Waals surface area contributed by atoms with Crippen molar-refractivity contribution in [1.29, 1.82) is 0 Å². The summed E-state index contributed by atoms with van der Waals surface area (Å²) < 4.78 is 45.9. The van der Waals surface area contributed by atoms with Crippen molar-refractivity contribution in [2.75, 3.05) is 0 Å². The molecule has 0 spiro atoms. The fourth-order valence-electron chi connectivity index (χ4n) is 0.0471. The maximum Gasteiger partial charge on any atom is 0.415 e. The summed E-state index contributed by atoms with van der Waals surface area (Å²) in [5.41, 5.74) is 0.770. The maximum atomic E-state index is 9.34. The summed E-state index contributed by atoms with van der Waals surface area (Å²) in [6, 6.07) is 0. The Kier molecular flexibility index (Phi) is 8.27. The Labute approximate surface area is 59.3 Å². The molecule has 0 bridgehead atoms. The molecule has 8 nitrogen and oxygen atoms in total. The van der Waals surface area contributed by atoms with Crippen molar-refractivity contribution in [2.24, 2.45) is 0 Å². The van der Waals surface area contributed by atoms with E-state index in [1.54, 1.807) is 0 Å². The average molecular weight is 193 g/mol. The van der Waals surface area contributed by atoms with Crippen molar-refractivity contribution < 1.29 is 30.9 Å². The minimum Gasteiger partial charge on any atom is -0.291 e. The summed E-state index contributed by atoms with van der Waals surface area (Å²) in [5, 5.41) is 7.39. The average Bonchev–Trinajstić information content (AvgIpc) is 1.63. The largest absolute Gasteiger partial charge is 0.415 e. The summed E-state index contributed by atoms with van der Waals surface area (Å²) in [5.74, 6) is 0. The highest BCUT2D eigenvalue weighted by Gasteiger charge is 1.99. The van der Waals surface area contributed by atoms with Crippen LogP contribution in [0.5, 0.6) is 0 Å². The van der Waals surface area contributed by atoms with Crippen molar-refractivity contribution in [3.8, 4) is 0 Å². The molecule has 0 aliphatic heterocycles. The Morgan fingerprint density at radius 3 is 1.70 bits per heavy atom. The van der Waals surface area contributed by atoms with Gasteiger partial charge in [0.05, 0.1) is 0 Å². The molecule has 0 atom stereocenters. The Bertz CT molecular complexity index is 184. The minimum absolute atomic E-state index is 0.750. The van der Waals surface area contributed by atoms with Crippen LogP contribution in [-0.2, 0) is 26.3 Å². The van der Waals surface area contributed by atoms with Crippen LogP contribution in [0.25, 0.3) is 0 Å². The number of hydrogen-bond donors (Lipinski definition) is 3. The highest BCUT2D eigenvalue weighted by Crippen LogP contribution is 1.74. The van der Waals surface area contributed by atoms with E-state index in [2.05, 4.69) is 4.28 Å². The molecular weight excluding hydrogens is 190 g/mol. The molecule has 0 rings (SSSR count). The molecule has 0 fully saturated rings. The second-order valence-corrected chi connectivity index (χ2v) is 1.83. The van der Waals surface area contributed by atoms with Crippen LogP contribution >= 0.6 is 0 Å². The molecule has 3 N–H and O–H groups in total. The van der Waals surface area contributed by atoms with E-state index in [-0.39, 0.29) is 0 Å². The third-order valence-corrected chi connectivity index (χ3v) is 0.428. The molecule has 0 unspecified atom stereocenters. The van der Waals surface area contributed by atoms with Crippen LogP contribution in [0.3, 0.4) is 0 Å². The molecule has 0 aliphatic rings. The van der Waals surface area contributed by atoms with Gasteiger partial charge in [0.1, 0.15) is 0 Å². The molecule has 0 aromatic rings. The number of rotatable bonds is 2. The lowest BCUT2D eigenvalue weighted by Gasteiger charge is -1.88. The first kappa shape index (κ1) is 12.3. The zero-order valence-corrected chi connectivity index (χ0v) is 5.89. The van der Waals surface area contributed by atoms with Crippen molar-refractivity contribution in [3.63, 3.8) is 0 Å². The molecule has 62 valence electrons. The fraction of sp³-hybridized carbons (Fsp3) is 0. The topological polar surface area (TPSA) is 130 Å². The third-order valence-electron chi connectivity index (χ3n) is 0.143. The van der Waals surface area contributed by atoms with E-state index < -0.39 is 22.0 Å². The van der Waals surface area contributed by atoms with Crippen LogP contribution in [0.15, 0.2) is 0 Å². The molecule has 10 heavy (non-hydrogen) atoms. The van der Waals surface area contributed by atoms with Crippen LogP contribution in [0.1, 0.15) is 0 Å². The summed E-state index contributed by atoms with van der Waals surface area (Å²) in [6.45, 7) is 0. The van der Waals surface area contributed by atoms with Gasteiger partial charge in [-0.05, 0) is 0 Å². The second-order valence-electron chi connectivity index (χ2n) is 0.670. The van der Waals surface area contributed by atoms with Crippen LogP contribution in [-0.4, -0.2) is 26.6 Å². The van der Waals surface area contributed by atoms with Crippen LogP contribution in [0.2, 0.25) is 0 Å². The zero-order chi connectivity index (χ0) is 8.62. The standard InChI is InChI=1S/H3NO5S.O2S/c2-1-6-7(3,4)5;1-3-2/h1-2H,(H,3,4,5);. The van der Waals surface area contributed by atoms with E-state index in [4.69, 9.17) is 18.2 Å². The van der Waals surface area contributed by atoms with Crippen molar-refractivity contribution >= 4 is 22.0 Å². The SMILES string of the molecule is O=S(=O)(O)ONO.O=S=O. The van der Waals surface area contributed by atoms with E-state index in [0.717, 1.165) is 5.64 Å². The van der Waals surface area contributed by atoms with Gasteiger partial charge in [-0.15, -0.1) is 4.28 Å². The lowest BCUT2D eigenvalue weighted by Crippen LogP contribution is -2.14. The zero-order valence-electron chi connectivity index (χ0n) is 4.25. The quantitative estimate of drug-likeness (QED) is 0.340. The lowest BCUT2D eigenvalue weighted by atomic mass is 13.3. The molecule has 10 heteroatoms. The van der Waals surface area contributed by atoms with Crippen molar-refractivity contribution in [1.82, 2.24) is 5.64 Å². The second kappa shape index (κ2) is 6.73. The minimum atomic E-state index is -4.54. The monoisotopic (exact) mass is 193 g/mol. The van der Waals surface area contributed by atoms with Gasteiger partial charge in [-0.2, -0.15) is 16.8 Å². The van der Waals surface area contributed by atoms with Crippen molar-refractivity contribution in [2.45, 2.75) is 0 Å². The van der Waals surface area contributed by atoms with Crippen LogP contribution in [0.4, 0.5) is 0 Å². The first-order valence-electron chi connectivity index (χ1n) is 1.44. The summed E-state index contributed by atoms with van der Waals surface area (Å²) in [7, 11) is -4.54. The molecule has 0 saturated carbocycles. The Hall–Kier alpha value is -0.390. The highest BCUT2D eigenvalue weighted by atomic mass is 32.3. The highest BCUT2D eigenvalue weighted by molar-refractivity contribution is 7.80.